The van der Waals surface area contributed by atoms with E-state index in [4.69, 9.17) is 16.3 Å². The van der Waals surface area contributed by atoms with Crippen molar-refractivity contribution in [2.45, 2.75) is 25.7 Å². The zero-order valence-corrected chi connectivity index (χ0v) is 11.7. The van der Waals surface area contributed by atoms with Crippen molar-refractivity contribution in [1.82, 2.24) is 0 Å². The summed E-state index contributed by atoms with van der Waals surface area (Å²) in [6, 6.07) is 7.50. The summed E-state index contributed by atoms with van der Waals surface area (Å²) in [5.74, 6) is -1.03. The first kappa shape index (κ1) is 14.1. The zero-order valence-electron chi connectivity index (χ0n) is 10.9. The number of Topliss-reactive ketones (excluding diaryl/α,β-unsaturated/α-hetero) is 1. The van der Waals surface area contributed by atoms with Gasteiger partial charge in [-0.05, 0) is 37.0 Å². The fraction of sp³-hybridized carbons (Fsp3) is 0.467. The molecule has 1 aliphatic carbocycles. The molecule has 0 aromatic heterocycles. The molecular weight excluding hydrogens is 264 g/mol. The van der Waals surface area contributed by atoms with Crippen molar-refractivity contribution in [1.29, 1.82) is 0 Å². The molecule has 0 heterocycles. The van der Waals surface area contributed by atoms with Gasteiger partial charge in [-0.15, -0.1) is 0 Å². The Morgan fingerprint density at radius 1 is 1.32 bits per heavy atom. The standard InChI is InChI=1S/C15H17ClO3/c1-19-15(18)13-4-2-3-11(14(13)17)9-10-5-7-12(16)8-6-10/h5-8,11,13H,2-4,9H2,1H3. The number of esters is 1. The van der Waals surface area contributed by atoms with Crippen LogP contribution in [0.2, 0.25) is 5.02 Å². The molecule has 19 heavy (non-hydrogen) atoms. The topological polar surface area (TPSA) is 43.4 Å². The van der Waals surface area contributed by atoms with Crippen molar-refractivity contribution in [2.24, 2.45) is 11.8 Å². The largest absolute Gasteiger partial charge is 0.468 e. The van der Waals surface area contributed by atoms with Crippen LogP contribution in [-0.2, 0) is 20.7 Å². The molecule has 2 atom stereocenters. The summed E-state index contributed by atoms with van der Waals surface area (Å²) in [5, 5.41) is 0.686. The van der Waals surface area contributed by atoms with Crippen LogP contribution in [0, 0.1) is 11.8 Å². The molecule has 1 aliphatic rings. The maximum atomic E-state index is 12.3. The van der Waals surface area contributed by atoms with Crippen LogP contribution in [-0.4, -0.2) is 18.9 Å². The third-order valence-corrected chi connectivity index (χ3v) is 3.92. The molecule has 1 aromatic carbocycles. The minimum absolute atomic E-state index is 0.0213. The van der Waals surface area contributed by atoms with Gasteiger partial charge in [0.2, 0.25) is 0 Å². The minimum Gasteiger partial charge on any atom is -0.468 e. The minimum atomic E-state index is -0.573. The van der Waals surface area contributed by atoms with Gasteiger partial charge in [-0.2, -0.15) is 0 Å². The molecule has 0 radical (unpaired) electrons. The van der Waals surface area contributed by atoms with E-state index in [2.05, 4.69) is 0 Å². The molecule has 2 rings (SSSR count). The number of ketones is 1. The Balaban J connectivity index is 2.05. The molecule has 0 bridgehead atoms. The predicted molar refractivity (Wildman–Crippen MR) is 73.0 cm³/mol. The molecule has 0 saturated heterocycles. The molecule has 0 amide bonds. The first-order chi connectivity index (χ1) is 9.11. The molecule has 0 aliphatic heterocycles. The third-order valence-electron chi connectivity index (χ3n) is 3.67. The Morgan fingerprint density at radius 3 is 2.63 bits per heavy atom. The van der Waals surface area contributed by atoms with Crippen LogP contribution in [0.15, 0.2) is 24.3 Å². The highest BCUT2D eigenvalue weighted by Gasteiger charge is 2.36. The van der Waals surface area contributed by atoms with E-state index < -0.39 is 11.9 Å². The molecule has 4 heteroatoms. The van der Waals surface area contributed by atoms with Crippen molar-refractivity contribution < 1.29 is 14.3 Å². The number of carbonyl (C=O) groups excluding carboxylic acids is 2. The summed E-state index contributed by atoms with van der Waals surface area (Å²) in [4.78, 5) is 23.8. The van der Waals surface area contributed by atoms with Crippen molar-refractivity contribution in [2.75, 3.05) is 7.11 Å². The van der Waals surface area contributed by atoms with Crippen LogP contribution in [0.4, 0.5) is 0 Å². The summed E-state index contributed by atoms with van der Waals surface area (Å²) >= 11 is 5.84. The van der Waals surface area contributed by atoms with Gasteiger partial charge in [-0.3, -0.25) is 9.59 Å². The lowest BCUT2D eigenvalue weighted by atomic mass is 9.77. The van der Waals surface area contributed by atoms with Gasteiger partial charge in [0.25, 0.3) is 0 Å². The number of hydrogen-bond acceptors (Lipinski definition) is 3. The van der Waals surface area contributed by atoms with Crippen LogP contribution in [0.3, 0.4) is 0 Å². The fourth-order valence-corrected chi connectivity index (χ4v) is 2.75. The van der Waals surface area contributed by atoms with E-state index >= 15 is 0 Å². The van der Waals surface area contributed by atoms with Crippen molar-refractivity contribution in [3.05, 3.63) is 34.9 Å². The van der Waals surface area contributed by atoms with Gasteiger partial charge in [0.1, 0.15) is 11.7 Å². The van der Waals surface area contributed by atoms with E-state index in [-0.39, 0.29) is 11.7 Å². The van der Waals surface area contributed by atoms with Gasteiger partial charge in [0.05, 0.1) is 7.11 Å². The van der Waals surface area contributed by atoms with E-state index in [1.54, 1.807) is 0 Å². The van der Waals surface area contributed by atoms with Gasteiger partial charge in [0.15, 0.2) is 0 Å². The van der Waals surface area contributed by atoms with Gasteiger partial charge in [-0.1, -0.05) is 30.2 Å². The summed E-state index contributed by atoms with van der Waals surface area (Å²) < 4.78 is 4.70. The smallest absolute Gasteiger partial charge is 0.316 e. The fourth-order valence-electron chi connectivity index (χ4n) is 2.62. The normalized spacial score (nSPS) is 23.2. The number of carbonyl (C=O) groups is 2. The molecule has 1 saturated carbocycles. The average molecular weight is 281 g/mol. The van der Waals surface area contributed by atoms with E-state index in [0.717, 1.165) is 18.4 Å². The lowest BCUT2D eigenvalue weighted by Crippen LogP contribution is -2.35. The quantitative estimate of drug-likeness (QED) is 0.631. The van der Waals surface area contributed by atoms with Gasteiger partial charge in [-0.25, -0.2) is 0 Å². The number of halogens is 1. The summed E-state index contributed by atoms with van der Waals surface area (Å²) in [7, 11) is 1.33. The summed E-state index contributed by atoms with van der Waals surface area (Å²) in [6.07, 6.45) is 3.02. The SMILES string of the molecule is COC(=O)C1CCCC(Cc2ccc(Cl)cc2)C1=O. The Kier molecular flexibility index (Phi) is 4.59. The Bertz CT molecular complexity index is 467. The summed E-state index contributed by atoms with van der Waals surface area (Å²) in [5.41, 5.74) is 1.08. The lowest BCUT2D eigenvalue weighted by molar-refractivity contribution is -0.152. The first-order valence-electron chi connectivity index (χ1n) is 6.48. The second-order valence-corrected chi connectivity index (χ2v) is 5.37. The van der Waals surface area contributed by atoms with Crippen molar-refractivity contribution in [3.8, 4) is 0 Å². The molecular formula is C15H17ClO3. The van der Waals surface area contributed by atoms with Crippen LogP contribution >= 0.6 is 11.6 Å². The van der Waals surface area contributed by atoms with E-state index in [1.807, 2.05) is 24.3 Å². The number of ether oxygens (including phenoxy) is 1. The third kappa shape index (κ3) is 3.35. The zero-order chi connectivity index (χ0) is 13.8. The Morgan fingerprint density at radius 2 is 2.00 bits per heavy atom. The average Bonchev–Trinajstić information content (AvgIpc) is 2.43. The van der Waals surface area contributed by atoms with E-state index in [9.17, 15) is 9.59 Å². The lowest BCUT2D eigenvalue weighted by Gasteiger charge is -2.26. The van der Waals surface area contributed by atoms with Gasteiger partial charge >= 0.3 is 5.97 Å². The highest BCUT2D eigenvalue weighted by Crippen LogP contribution is 2.29. The van der Waals surface area contributed by atoms with Gasteiger partial charge < -0.3 is 4.74 Å². The van der Waals surface area contributed by atoms with Crippen molar-refractivity contribution >= 4 is 23.4 Å². The van der Waals surface area contributed by atoms with E-state index in [1.165, 1.54) is 7.11 Å². The van der Waals surface area contributed by atoms with Crippen LogP contribution in [0.1, 0.15) is 24.8 Å². The monoisotopic (exact) mass is 280 g/mol. The maximum absolute atomic E-state index is 12.3. The highest BCUT2D eigenvalue weighted by atomic mass is 35.5. The molecule has 1 fully saturated rings. The molecule has 0 N–H and O–H groups in total. The predicted octanol–water partition coefficient (Wildman–Crippen LogP) is 3.04. The second kappa shape index (κ2) is 6.20. The number of methoxy groups -OCH3 is 1. The van der Waals surface area contributed by atoms with Crippen molar-refractivity contribution in [3.63, 3.8) is 0 Å². The molecule has 0 spiro atoms. The number of benzene rings is 1. The van der Waals surface area contributed by atoms with Crippen LogP contribution in [0.25, 0.3) is 0 Å². The number of hydrogen-bond donors (Lipinski definition) is 0. The van der Waals surface area contributed by atoms with Gasteiger partial charge in [0, 0.05) is 10.9 Å². The second-order valence-electron chi connectivity index (χ2n) is 4.94. The Labute approximate surface area is 117 Å². The molecule has 102 valence electrons. The molecule has 1 aromatic rings. The first-order valence-corrected chi connectivity index (χ1v) is 6.85. The van der Waals surface area contributed by atoms with Crippen LogP contribution in [0.5, 0.6) is 0 Å². The maximum Gasteiger partial charge on any atom is 0.316 e. The number of rotatable bonds is 3. The summed E-state index contributed by atoms with van der Waals surface area (Å²) in [6.45, 7) is 0. The Hall–Kier alpha value is -1.35. The molecule has 3 nitrogen and oxygen atoms in total. The molecule has 2 unspecified atom stereocenters. The van der Waals surface area contributed by atoms with Crippen LogP contribution < -0.4 is 0 Å². The highest BCUT2D eigenvalue weighted by molar-refractivity contribution is 6.30. The van der Waals surface area contributed by atoms with E-state index in [0.29, 0.717) is 17.9 Å².